The van der Waals surface area contributed by atoms with Crippen LogP contribution in [0.2, 0.25) is 0 Å². The summed E-state index contributed by atoms with van der Waals surface area (Å²) in [6.07, 6.45) is 0.600. The van der Waals surface area contributed by atoms with Crippen molar-refractivity contribution in [1.29, 1.82) is 0 Å². The highest BCUT2D eigenvalue weighted by atomic mass is 16.5. The topological polar surface area (TPSA) is 55.4 Å². The van der Waals surface area contributed by atoms with Crippen molar-refractivity contribution in [1.82, 2.24) is 5.32 Å². The molecule has 0 fully saturated rings. The second kappa shape index (κ2) is 7.58. The van der Waals surface area contributed by atoms with E-state index >= 15 is 0 Å². The Bertz CT molecular complexity index is 655. The molecule has 0 spiro atoms. The number of benzene rings is 2. The van der Waals surface area contributed by atoms with Crippen LogP contribution in [0, 0.1) is 0 Å². The lowest BCUT2D eigenvalue weighted by atomic mass is 9.92. The minimum Gasteiger partial charge on any atom is -0.467 e. The number of amides is 1. The molecule has 2 rings (SSSR count). The average molecular weight is 311 g/mol. The highest BCUT2D eigenvalue weighted by molar-refractivity contribution is 5.88. The van der Waals surface area contributed by atoms with Crippen LogP contribution in [0.15, 0.2) is 60.7 Å². The first kappa shape index (κ1) is 16.7. The summed E-state index contributed by atoms with van der Waals surface area (Å²) in [6, 6.07) is 19.0. The molecule has 2 aromatic carbocycles. The summed E-state index contributed by atoms with van der Waals surface area (Å²) in [6.45, 7) is 1.69. The number of nitrogens with one attached hydrogen (secondary N) is 1. The van der Waals surface area contributed by atoms with E-state index in [9.17, 15) is 9.59 Å². The van der Waals surface area contributed by atoms with Crippen LogP contribution in [-0.2, 0) is 27.2 Å². The number of esters is 1. The molecular weight excluding hydrogens is 290 g/mol. The molecule has 23 heavy (non-hydrogen) atoms. The Morgan fingerprint density at radius 1 is 0.957 bits per heavy atom. The standard InChI is InChI=1S/C19H21NO3/c1-19(18(22)23-2,14-16-11-7-4-8-12-16)20-17(21)13-15-9-5-3-6-10-15/h3-12H,13-14H2,1-2H3,(H,20,21)/t19-/m0/s1. The van der Waals surface area contributed by atoms with Gasteiger partial charge in [0, 0.05) is 6.42 Å². The van der Waals surface area contributed by atoms with Gasteiger partial charge in [0.1, 0.15) is 5.54 Å². The van der Waals surface area contributed by atoms with E-state index < -0.39 is 11.5 Å². The lowest BCUT2D eigenvalue weighted by Gasteiger charge is -2.28. The molecular formula is C19H21NO3. The molecule has 1 atom stereocenters. The maximum Gasteiger partial charge on any atom is 0.331 e. The zero-order chi connectivity index (χ0) is 16.7. The molecule has 120 valence electrons. The van der Waals surface area contributed by atoms with E-state index in [-0.39, 0.29) is 12.3 Å². The summed E-state index contributed by atoms with van der Waals surface area (Å²) in [5, 5.41) is 2.83. The molecule has 4 nitrogen and oxygen atoms in total. The molecule has 0 radical (unpaired) electrons. The third kappa shape index (κ3) is 4.68. The van der Waals surface area contributed by atoms with Gasteiger partial charge in [-0.3, -0.25) is 4.79 Å². The fourth-order valence-corrected chi connectivity index (χ4v) is 2.53. The van der Waals surface area contributed by atoms with E-state index in [1.807, 2.05) is 60.7 Å². The number of carbonyl (C=O) groups excluding carboxylic acids is 2. The second-order valence-electron chi connectivity index (χ2n) is 5.70. The minimum absolute atomic E-state index is 0.208. The molecule has 2 aromatic rings. The molecule has 0 aromatic heterocycles. The van der Waals surface area contributed by atoms with Gasteiger partial charge in [-0.2, -0.15) is 0 Å². The van der Waals surface area contributed by atoms with Crippen LogP contribution < -0.4 is 5.32 Å². The van der Waals surface area contributed by atoms with Gasteiger partial charge in [0.15, 0.2) is 0 Å². The van der Waals surface area contributed by atoms with Crippen LogP contribution in [0.4, 0.5) is 0 Å². The summed E-state index contributed by atoms with van der Waals surface area (Å²) in [7, 11) is 1.33. The Morgan fingerprint density at radius 2 is 1.48 bits per heavy atom. The van der Waals surface area contributed by atoms with Gasteiger partial charge in [0.25, 0.3) is 0 Å². The minimum atomic E-state index is -1.10. The Kier molecular flexibility index (Phi) is 5.52. The second-order valence-corrected chi connectivity index (χ2v) is 5.70. The number of hydrogen-bond donors (Lipinski definition) is 1. The van der Waals surface area contributed by atoms with Crippen molar-refractivity contribution in [2.24, 2.45) is 0 Å². The molecule has 0 unspecified atom stereocenters. The number of carbonyl (C=O) groups is 2. The molecule has 0 bridgehead atoms. The predicted molar refractivity (Wildman–Crippen MR) is 88.9 cm³/mol. The van der Waals surface area contributed by atoms with Gasteiger partial charge in [-0.25, -0.2) is 4.79 Å². The van der Waals surface area contributed by atoms with E-state index in [0.717, 1.165) is 11.1 Å². The quantitative estimate of drug-likeness (QED) is 0.834. The van der Waals surface area contributed by atoms with Crippen molar-refractivity contribution < 1.29 is 14.3 Å². The number of methoxy groups -OCH3 is 1. The summed E-state index contributed by atoms with van der Waals surface area (Å²) in [5.41, 5.74) is 0.763. The van der Waals surface area contributed by atoms with Crippen molar-refractivity contribution in [3.05, 3.63) is 71.8 Å². The molecule has 0 heterocycles. The van der Waals surface area contributed by atoms with E-state index in [2.05, 4.69) is 5.32 Å². The molecule has 0 aliphatic heterocycles. The first-order valence-corrected chi connectivity index (χ1v) is 7.51. The first-order valence-electron chi connectivity index (χ1n) is 7.51. The molecule has 4 heteroatoms. The Balaban J connectivity index is 2.11. The van der Waals surface area contributed by atoms with Crippen LogP contribution in [0.3, 0.4) is 0 Å². The normalized spacial score (nSPS) is 13.0. The Labute approximate surface area is 136 Å². The lowest BCUT2D eigenvalue weighted by Crippen LogP contribution is -2.54. The van der Waals surface area contributed by atoms with Crippen LogP contribution in [0.5, 0.6) is 0 Å². The first-order chi connectivity index (χ1) is 11.0. The zero-order valence-corrected chi connectivity index (χ0v) is 13.4. The largest absolute Gasteiger partial charge is 0.467 e. The van der Waals surface area contributed by atoms with Gasteiger partial charge < -0.3 is 10.1 Å². The monoisotopic (exact) mass is 311 g/mol. The van der Waals surface area contributed by atoms with Crippen LogP contribution in [0.25, 0.3) is 0 Å². The number of hydrogen-bond acceptors (Lipinski definition) is 3. The predicted octanol–water partition coefficient (Wildman–Crippen LogP) is 2.52. The van der Waals surface area contributed by atoms with Crippen molar-refractivity contribution in [2.75, 3.05) is 7.11 Å². The van der Waals surface area contributed by atoms with E-state index in [1.54, 1.807) is 6.92 Å². The SMILES string of the molecule is COC(=O)[C@](C)(Cc1ccccc1)NC(=O)Cc1ccccc1. The lowest BCUT2D eigenvalue weighted by molar-refractivity contribution is -0.150. The van der Waals surface area contributed by atoms with Gasteiger partial charge in [0.05, 0.1) is 13.5 Å². The highest BCUT2D eigenvalue weighted by Gasteiger charge is 2.36. The molecule has 1 amide bonds. The zero-order valence-electron chi connectivity index (χ0n) is 13.4. The fraction of sp³-hybridized carbons (Fsp3) is 0.263. The van der Waals surface area contributed by atoms with Gasteiger partial charge in [-0.1, -0.05) is 60.7 Å². The maximum absolute atomic E-state index is 12.3. The summed E-state index contributed by atoms with van der Waals surface area (Å²) < 4.78 is 4.89. The van der Waals surface area contributed by atoms with Gasteiger partial charge in [-0.05, 0) is 18.1 Å². The molecule has 0 saturated carbocycles. The van der Waals surface area contributed by atoms with Gasteiger partial charge >= 0.3 is 5.97 Å². The van der Waals surface area contributed by atoms with Crippen molar-refractivity contribution >= 4 is 11.9 Å². The molecule has 1 N–H and O–H groups in total. The maximum atomic E-state index is 12.3. The van der Waals surface area contributed by atoms with Crippen molar-refractivity contribution in [3.63, 3.8) is 0 Å². The highest BCUT2D eigenvalue weighted by Crippen LogP contribution is 2.16. The average Bonchev–Trinajstić information content (AvgIpc) is 2.55. The van der Waals surface area contributed by atoms with E-state index in [1.165, 1.54) is 7.11 Å². The summed E-state index contributed by atoms with van der Waals surface area (Å²) in [4.78, 5) is 24.5. The molecule has 0 aliphatic rings. The van der Waals surface area contributed by atoms with Crippen LogP contribution in [0.1, 0.15) is 18.1 Å². The van der Waals surface area contributed by atoms with Crippen LogP contribution >= 0.6 is 0 Å². The Morgan fingerprint density at radius 3 is 2.00 bits per heavy atom. The van der Waals surface area contributed by atoms with Crippen molar-refractivity contribution in [2.45, 2.75) is 25.3 Å². The third-order valence-corrected chi connectivity index (χ3v) is 3.66. The smallest absolute Gasteiger partial charge is 0.331 e. The third-order valence-electron chi connectivity index (χ3n) is 3.66. The van der Waals surface area contributed by atoms with Crippen molar-refractivity contribution in [3.8, 4) is 0 Å². The van der Waals surface area contributed by atoms with Gasteiger partial charge in [0.2, 0.25) is 5.91 Å². The molecule has 0 aliphatic carbocycles. The summed E-state index contributed by atoms with van der Waals surface area (Å²) in [5.74, 6) is -0.664. The molecule has 0 saturated heterocycles. The summed E-state index contributed by atoms with van der Waals surface area (Å²) >= 11 is 0. The van der Waals surface area contributed by atoms with E-state index in [0.29, 0.717) is 6.42 Å². The Hall–Kier alpha value is -2.62. The van der Waals surface area contributed by atoms with E-state index in [4.69, 9.17) is 4.74 Å². The van der Waals surface area contributed by atoms with Crippen LogP contribution in [-0.4, -0.2) is 24.5 Å². The number of ether oxygens (including phenoxy) is 1. The van der Waals surface area contributed by atoms with Gasteiger partial charge in [-0.15, -0.1) is 0 Å². The fourth-order valence-electron chi connectivity index (χ4n) is 2.53. The number of rotatable bonds is 6.